The number of cyclic esters (lactones) is 2. The lowest BCUT2D eigenvalue weighted by Gasteiger charge is -2.40. The van der Waals surface area contributed by atoms with E-state index in [1.165, 1.54) is 0 Å². The Morgan fingerprint density at radius 1 is 1.23 bits per heavy atom. The van der Waals surface area contributed by atoms with Gasteiger partial charge < -0.3 is 4.74 Å². The van der Waals surface area contributed by atoms with E-state index in [1.54, 1.807) is 0 Å². The van der Waals surface area contributed by atoms with Gasteiger partial charge in [-0.3, -0.25) is 0 Å². The molecule has 3 nitrogen and oxygen atoms in total. The summed E-state index contributed by atoms with van der Waals surface area (Å²) < 4.78 is 4.44. The third kappa shape index (κ3) is 0.844. The first-order chi connectivity index (χ1) is 6.09. The molecule has 0 amide bonds. The molecule has 0 bridgehead atoms. The second kappa shape index (κ2) is 2.44. The van der Waals surface area contributed by atoms with Crippen LogP contribution in [0.25, 0.3) is 0 Å². The first-order valence-electron chi connectivity index (χ1n) is 4.52. The molecule has 3 heteroatoms. The highest BCUT2D eigenvalue weighted by Gasteiger charge is 2.60. The molecule has 13 heavy (non-hydrogen) atoms. The van der Waals surface area contributed by atoms with E-state index >= 15 is 0 Å². The Balaban J connectivity index is 2.48. The number of hydrogen-bond donors (Lipinski definition) is 0. The lowest BCUT2D eigenvalue weighted by Crippen LogP contribution is -2.55. The summed E-state index contributed by atoms with van der Waals surface area (Å²) in [5, 5.41) is 0. The minimum Gasteiger partial charge on any atom is -0.391 e. The monoisotopic (exact) mass is 180 g/mol. The van der Waals surface area contributed by atoms with Crippen LogP contribution in [-0.4, -0.2) is 11.9 Å². The van der Waals surface area contributed by atoms with Gasteiger partial charge in [0.1, 0.15) is 0 Å². The predicted octanol–water partition coefficient (Wildman–Crippen LogP) is 1.58. The minimum atomic E-state index is -0.873. The normalized spacial score (nSPS) is 26.0. The Morgan fingerprint density at radius 3 is 2.31 bits per heavy atom. The van der Waals surface area contributed by atoms with Crippen molar-refractivity contribution in [2.75, 3.05) is 0 Å². The van der Waals surface area contributed by atoms with Gasteiger partial charge in [0.2, 0.25) is 0 Å². The highest BCUT2D eigenvalue weighted by Crippen LogP contribution is 2.47. The van der Waals surface area contributed by atoms with E-state index < -0.39 is 5.41 Å². The molecule has 1 aliphatic carbocycles. The number of ether oxygens (including phenoxy) is 1. The van der Waals surface area contributed by atoms with Crippen LogP contribution in [0, 0.1) is 5.41 Å². The van der Waals surface area contributed by atoms with Crippen molar-refractivity contribution in [3.8, 4) is 0 Å². The van der Waals surface area contributed by atoms with Gasteiger partial charge in [-0.2, -0.15) is 0 Å². The Hall–Kier alpha value is -1.12. The van der Waals surface area contributed by atoms with Gasteiger partial charge in [-0.15, -0.1) is 0 Å². The Kier molecular flexibility index (Phi) is 1.59. The predicted molar refractivity (Wildman–Crippen MR) is 45.8 cm³/mol. The summed E-state index contributed by atoms with van der Waals surface area (Å²) in [6.07, 6.45) is 2.53. The van der Waals surface area contributed by atoms with Crippen LogP contribution in [0.2, 0.25) is 0 Å². The van der Waals surface area contributed by atoms with Crippen LogP contribution >= 0.6 is 0 Å². The molecule has 0 radical (unpaired) electrons. The number of carbonyl (C=O) groups is 2. The molecule has 2 rings (SSSR count). The smallest absolute Gasteiger partial charge is 0.335 e. The van der Waals surface area contributed by atoms with Crippen LogP contribution in [0.3, 0.4) is 0 Å². The molecule has 0 aromatic carbocycles. The van der Waals surface area contributed by atoms with Crippen LogP contribution < -0.4 is 0 Å². The second-order valence-corrected chi connectivity index (χ2v) is 3.84. The van der Waals surface area contributed by atoms with Gasteiger partial charge in [-0.1, -0.05) is 5.57 Å². The lowest BCUT2D eigenvalue weighted by molar-refractivity contribution is -0.194. The van der Waals surface area contributed by atoms with Gasteiger partial charge >= 0.3 is 11.9 Å². The van der Waals surface area contributed by atoms with Gasteiger partial charge in [-0.05, 0) is 38.7 Å². The molecular weight excluding hydrogens is 168 g/mol. The molecule has 1 spiro atoms. The lowest BCUT2D eigenvalue weighted by atomic mass is 9.68. The van der Waals surface area contributed by atoms with Crippen molar-refractivity contribution in [3.05, 3.63) is 11.1 Å². The Morgan fingerprint density at radius 2 is 1.85 bits per heavy atom. The number of carbonyl (C=O) groups excluding carboxylic acids is 2. The molecule has 0 N–H and O–H groups in total. The number of rotatable bonds is 0. The molecule has 2 aliphatic rings. The maximum absolute atomic E-state index is 11.3. The SMILES string of the molecule is CC1=C(C)C2(CCC1)C(=O)OC2=O. The average molecular weight is 180 g/mol. The molecule has 1 aliphatic heterocycles. The molecule has 0 aromatic rings. The third-order valence-corrected chi connectivity index (χ3v) is 3.27. The highest BCUT2D eigenvalue weighted by molar-refractivity contribution is 6.16. The van der Waals surface area contributed by atoms with Crippen molar-refractivity contribution < 1.29 is 14.3 Å². The van der Waals surface area contributed by atoms with Gasteiger partial charge in [0, 0.05) is 0 Å². The summed E-state index contributed by atoms with van der Waals surface area (Å²) in [7, 11) is 0. The van der Waals surface area contributed by atoms with Gasteiger partial charge in [-0.25, -0.2) is 9.59 Å². The fraction of sp³-hybridized carbons (Fsp3) is 0.600. The fourth-order valence-electron chi connectivity index (χ4n) is 2.16. The maximum Gasteiger partial charge on any atom is 0.335 e. The summed E-state index contributed by atoms with van der Waals surface area (Å²) >= 11 is 0. The van der Waals surface area contributed by atoms with Crippen molar-refractivity contribution in [3.63, 3.8) is 0 Å². The van der Waals surface area contributed by atoms with Crippen LogP contribution in [0.5, 0.6) is 0 Å². The zero-order valence-corrected chi connectivity index (χ0v) is 7.85. The molecule has 0 saturated carbocycles. The molecule has 1 saturated heterocycles. The number of allylic oxidation sites excluding steroid dienone is 1. The molecule has 0 atom stereocenters. The van der Waals surface area contributed by atoms with E-state index in [-0.39, 0.29) is 11.9 Å². The minimum absolute atomic E-state index is 0.353. The second-order valence-electron chi connectivity index (χ2n) is 3.84. The molecule has 0 aromatic heterocycles. The van der Waals surface area contributed by atoms with Crippen LogP contribution in [0.4, 0.5) is 0 Å². The maximum atomic E-state index is 11.3. The van der Waals surface area contributed by atoms with E-state index in [2.05, 4.69) is 4.74 Å². The Bertz CT molecular complexity index is 311. The topological polar surface area (TPSA) is 43.4 Å². The number of hydrogen-bond acceptors (Lipinski definition) is 3. The zero-order valence-electron chi connectivity index (χ0n) is 7.85. The molecule has 1 fully saturated rings. The average Bonchev–Trinajstić information content (AvgIpc) is 2.10. The van der Waals surface area contributed by atoms with Crippen molar-refractivity contribution in [2.24, 2.45) is 5.41 Å². The van der Waals surface area contributed by atoms with Crippen LogP contribution in [-0.2, 0) is 14.3 Å². The Labute approximate surface area is 76.8 Å². The quantitative estimate of drug-likeness (QED) is 0.323. The molecule has 70 valence electrons. The van der Waals surface area contributed by atoms with Crippen molar-refractivity contribution in [1.82, 2.24) is 0 Å². The fourth-order valence-corrected chi connectivity index (χ4v) is 2.16. The largest absolute Gasteiger partial charge is 0.391 e. The van der Waals surface area contributed by atoms with Crippen LogP contribution in [0.15, 0.2) is 11.1 Å². The highest BCUT2D eigenvalue weighted by atomic mass is 16.6. The van der Waals surface area contributed by atoms with E-state index in [0.717, 1.165) is 24.0 Å². The summed E-state index contributed by atoms with van der Waals surface area (Å²) in [4.78, 5) is 22.6. The van der Waals surface area contributed by atoms with E-state index in [4.69, 9.17) is 0 Å². The molecular formula is C10H12O3. The number of esters is 2. The van der Waals surface area contributed by atoms with Crippen molar-refractivity contribution in [1.29, 1.82) is 0 Å². The third-order valence-electron chi connectivity index (χ3n) is 3.27. The summed E-state index contributed by atoms with van der Waals surface area (Å²) in [6, 6.07) is 0. The van der Waals surface area contributed by atoms with E-state index in [0.29, 0.717) is 6.42 Å². The summed E-state index contributed by atoms with van der Waals surface area (Å²) in [5.74, 6) is -0.705. The van der Waals surface area contributed by atoms with Crippen molar-refractivity contribution >= 4 is 11.9 Å². The van der Waals surface area contributed by atoms with Gasteiger partial charge in [0.05, 0.1) is 0 Å². The standard InChI is InChI=1S/C10H12O3/c1-6-4-3-5-10(7(6)2)8(11)13-9(10)12/h3-5H2,1-2H3. The zero-order chi connectivity index (χ0) is 9.64. The first kappa shape index (κ1) is 8.48. The van der Waals surface area contributed by atoms with Gasteiger partial charge in [0.15, 0.2) is 5.41 Å². The molecule has 0 unspecified atom stereocenters. The van der Waals surface area contributed by atoms with Crippen molar-refractivity contribution in [2.45, 2.75) is 33.1 Å². The van der Waals surface area contributed by atoms with Crippen LogP contribution in [0.1, 0.15) is 33.1 Å². The first-order valence-corrected chi connectivity index (χ1v) is 4.52. The van der Waals surface area contributed by atoms with Gasteiger partial charge in [0.25, 0.3) is 0 Å². The molecule has 1 heterocycles. The summed E-state index contributed by atoms with van der Waals surface area (Å²) in [6.45, 7) is 3.85. The van der Waals surface area contributed by atoms with E-state index in [9.17, 15) is 9.59 Å². The van der Waals surface area contributed by atoms with E-state index in [1.807, 2.05) is 13.8 Å². The summed E-state index contributed by atoms with van der Waals surface area (Å²) in [5.41, 5.74) is 1.21.